The van der Waals surface area contributed by atoms with Gasteiger partial charge in [-0.1, -0.05) is 41.4 Å². The normalized spacial score (nSPS) is 20.8. The zero-order valence-corrected chi connectivity index (χ0v) is 13.4. The Morgan fingerprint density at radius 1 is 1.14 bits per heavy atom. The molecule has 0 spiro atoms. The van der Waals surface area contributed by atoms with Gasteiger partial charge in [-0.3, -0.25) is 0 Å². The van der Waals surface area contributed by atoms with E-state index in [9.17, 15) is 0 Å². The van der Waals surface area contributed by atoms with Crippen LogP contribution in [-0.4, -0.2) is 7.05 Å². The second-order valence-electron chi connectivity index (χ2n) is 5.73. The van der Waals surface area contributed by atoms with Crippen LogP contribution in [0.15, 0.2) is 36.4 Å². The van der Waals surface area contributed by atoms with Crippen molar-refractivity contribution in [2.24, 2.45) is 0 Å². The summed E-state index contributed by atoms with van der Waals surface area (Å²) in [5.74, 6) is 0.966. The highest BCUT2D eigenvalue weighted by Gasteiger charge is 2.28. The van der Waals surface area contributed by atoms with E-state index in [4.69, 9.17) is 16.3 Å². The van der Waals surface area contributed by atoms with Crippen LogP contribution >= 0.6 is 11.6 Å². The van der Waals surface area contributed by atoms with E-state index in [1.54, 1.807) is 0 Å². The maximum absolute atomic E-state index is 6.25. The monoisotopic (exact) mass is 301 g/mol. The van der Waals surface area contributed by atoms with Crippen LogP contribution in [0, 0.1) is 13.8 Å². The number of ether oxygens (including phenoxy) is 1. The number of halogens is 1. The van der Waals surface area contributed by atoms with Gasteiger partial charge >= 0.3 is 0 Å². The summed E-state index contributed by atoms with van der Waals surface area (Å²) in [6.45, 7) is 4.13. The Morgan fingerprint density at radius 2 is 1.95 bits per heavy atom. The smallest absolute Gasteiger partial charge is 0.126 e. The molecule has 1 aliphatic rings. The van der Waals surface area contributed by atoms with E-state index in [1.165, 1.54) is 11.1 Å². The molecule has 0 amide bonds. The molecule has 2 unspecified atom stereocenters. The third-order valence-electron chi connectivity index (χ3n) is 4.18. The van der Waals surface area contributed by atoms with Gasteiger partial charge < -0.3 is 10.1 Å². The summed E-state index contributed by atoms with van der Waals surface area (Å²) in [4.78, 5) is 0. The summed E-state index contributed by atoms with van der Waals surface area (Å²) in [6, 6.07) is 12.9. The predicted octanol–water partition coefficient (Wildman–Crippen LogP) is 4.74. The highest BCUT2D eigenvalue weighted by molar-refractivity contribution is 6.31. The van der Waals surface area contributed by atoms with Gasteiger partial charge in [0.2, 0.25) is 0 Å². The molecule has 0 radical (unpaired) electrons. The molecule has 0 aromatic heterocycles. The van der Waals surface area contributed by atoms with Gasteiger partial charge in [-0.25, -0.2) is 0 Å². The molecule has 2 nitrogen and oxygen atoms in total. The van der Waals surface area contributed by atoms with E-state index in [2.05, 4.69) is 42.6 Å². The van der Waals surface area contributed by atoms with Crippen molar-refractivity contribution in [1.29, 1.82) is 0 Å². The maximum Gasteiger partial charge on any atom is 0.126 e. The molecule has 0 saturated carbocycles. The largest absolute Gasteiger partial charge is 0.485 e. The lowest BCUT2D eigenvalue weighted by molar-refractivity contribution is 0.154. The summed E-state index contributed by atoms with van der Waals surface area (Å²) >= 11 is 6.25. The van der Waals surface area contributed by atoms with Crippen LogP contribution in [0.25, 0.3) is 0 Å². The van der Waals surface area contributed by atoms with Gasteiger partial charge in [-0.05, 0) is 44.2 Å². The van der Waals surface area contributed by atoms with Crippen LogP contribution in [0.1, 0.15) is 40.8 Å². The van der Waals surface area contributed by atoms with Gasteiger partial charge in [0.05, 0.1) is 0 Å². The highest BCUT2D eigenvalue weighted by atomic mass is 35.5. The number of hydrogen-bond donors (Lipinski definition) is 1. The van der Waals surface area contributed by atoms with Crippen molar-refractivity contribution in [3.8, 4) is 5.75 Å². The molecule has 0 bridgehead atoms. The van der Waals surface area contributed by atoms with Gasteiger partial charge in [0.25, 0.3) is 0 Å². The van der Waals surface area contributed by atoms with Gasteiger partial charge in [0.15, 0.2) is 0 Å². The molecule has 3 heteroatoms. The average molecular weight is 302 g/mol. The fourth-order valence-corrected chi connectivity index (χ4v) is 3.07. The Balaban J connectivity index is 1.96. The topological polar surface area (TPSA) is 21.3 Å². The van der Waals surface area contributed by atoms with Gasteiger partial charge in [0, 0.05) is 23.0 Å². The Hall–Kier alpha value is -1.51. The second-order valence-corrected chi connectivity index (χ2v) is 6.14. The SMILES string of the molecule is CNC1CC(c2ccc(C)c(Cl)c2)Oc2ccc(C)cc21. The zero-order valence-electron chi connectivity index (χ0n) is 12.6. The Kier molecular flexibility index (Phi) is 3.92. The first-order valence-corrected chi connectivity index (χ1v) is 7.67. The molecule has 1 N–H and O–H groups in total. The molecule has 2 aromatic carbocycles. The van der Waals surface area contributed by atoms with E-state index in [1.807, 2.05) is 20.0 Å². The number of fused-ring (bicyclic) bond motifs is 1. The van der Waals surface area contributed by atoms with Crippen LogP contribution in [0.5, 0.6) is 5.75 Å². The second kappa shape index (κ2) is 5.70. The average Bonchev–Trinajstić information content (AvgIpc) is 2.49. The van der Waals surface area contributed by atoms with Gasteiger partial charge in [-0.2, -0.15) is 0 Å². The summed E-state index contributed by atoms with van der Waals surface area (Å²) < 4.78 is 6.20. The number of aryl methyl sites for hydroxylation is 2. The number of hydrogen-bond acceptors (Lipinski definition) is 2. The minimum atomic E-state index is 0.0377. The minimum absolute atomic E-state index is 0.0377. The molecule has 0 saturated heterocycles. The molecule has 3 rings (SSSR count). The lowest BCUT2D eigenvalue weighted by Crippen LogP contribution is -2.26. The third kappa shape index (κ3) is 2.78. The molecule has 0 fully saturated rings. The molecular weight excluding hydrogens is 282 g/mol. The fourth-order valence-electron chi connectivity index (χ4n) is 2.88. The van der Waals surface area contributed by atoms with E-state index in [-0.39, 0.29) is 6.10 Å². The van der Waals surface area contributed by atoms with Crippen LogP contribution in [0.4, 0.5) is 0 Å². The van der Waals surface area contributed by atoms with Crippen molar-refractivity contribution in [2.45, 2.75) is 32.4 Å². The first-order valence-electron chi connectivity index (χ1n) is 7.29. The fraction of sp³-hybridized carbons (Fsp3) is 0.333. The van der Waals surface area contributed by atoms with Crippen molar-refractivity contribution in [3.05, 3.63) is 63.7 Å². The summed E-state index contributed by atoms with van der Waals surface area (Å²) in [5.41, 5.74) is 4.73. The van der Waals surface area contributed by atoms with Crippen molar-refractivity contribution in [3.63, 3.8) is 0 Å². The Bertz CT molecular complexity index is 668. The van der Waals surface area contributed by atoms with Crippen molar-refractivity contribution in [1.82, 2.24) is 5.32 Å². The van der Waals surface area contributed by atoms with E-state index in [0.29, 0.717) is 6.04 Å². The third-order valence-corrected chi connectivity index (χ3v) is 4.58. The molecule has 1 heterocycles. The first kappa shape index (κ1) is 14.4. The summed E-state index contributed by atoms with van der Waals surface area (Å²) in [5, 5.41) is 4.20. The molecule has 21 heavy (non-hydrogen) atoms. The lowest BCUT2D eigenvalue weighted by Gasteiger charge is -2.32. The summed E-state index contributed by atoms with van der Waals surface area (Å²) in [6.07, 6.45) is 0.947. The lowest BCUT2D eigenvalue weighted by atomic mass is 9.92. The molecule has 2 aromatic rings. The highest BCUT2D eigenvalue weighted by Crippen LogP contribution is 2.41. The van der Waals surface area contributed by atoms with E-state index < -0.39 is 0 Å². The van der Waals surface area contributed by atoms with Crippen molar-refractivity contribution in [2.75, 3.05) is 7.05 Å². The van der Waals surface area contributed by atoms with Crippen molar-refractivity contribution >= 4 is 11.6 Å². The quantitative estimate of drug-likeness (QED) is 0.865. The van der Waals surface area contributed by atoms with Gasteiger partial charge in [0.1, 0.15) is 11.9 Å². The molecule has 110 valence electrons. The Morgan fingerprint density at radius 3 is 2.67 bits per heavy atom. The molecule has 0 aliphatic carbocycles. The van der Waals surface area contributed by atoms with Crippen LogP contribution in [0.3, 0.4) is 0 Å². The predicted molar refractivity (Wildman–Crippen MR) is 87.2 cm³/mol. The number of nitrogens with one attached hydrogen (secondary N) is 1. The molecule has 2 atom stereocenters. The van der Waals surface area contributed by atoms with Gasteiger partial charge in [-0.15, -0.1) is 0 Å². The zero-order chi connectivity index (χ0) is 15.0. The van der Waals surface area contributed by atoms with E-state index in [0.717, 1.165) is 28.3 Å². The number of benzene rings is 2. The van der Waals surface area contributed by atoms with Crippen LogP contribution in [0.2, 0.25) is 5.02 Å². The summed E-state index contributed by atoms with van der Waals surface area (Å²) in [7, 11) is 2.00. The minimum Gasteiger partial charge on any atom is -0.485 e. The number of rotatable bonds is 2. The van der Waals surface area contributed by atoms with Crippen molar-refractivity contribution < 1.29 is 4.74 Å². The van der Waals surface area contributed by atoms with E-state index >= 15 is 0 Å². The molecular formula is C18H20ClNO. The maximum atomic E-state index is 6.25. The van der Waals surface area contributed by atoms with Crippen LogP contribution in [-0.2, 0) is 0 Å². The standard InChI is InChI=1S/C18H20ClNO/c1-11-4-7-17-14(8-11)16(20-3)10-18(21-17)13-6-5-12(2)15(19)9-13/h4-9,16,18,20H,10H2,1-3H3. The first-order chi connectivity index (χ1) is 10.1. The Labute approximate surface area is 131 Å². The van der Waals surface area contributed by atoms with Crippen LogP contribution < -0.4 is 10.1 Å². The molecule has 1 aliphatic heterocycles.